The molecule has 0 bridgehead atoms. The second-order valence-electron chi connectivity index (χ2n) is 8.79. The Kier molecular flexibility index (Phi) is 15.1. The van der Waals surface area contributed by atoms with Gasteiger partial charge in [0.25, 0.3) is 0 Å². The van der Waals surface area contributed by atoms with Crippen molar-refractivity contribution in [3.8, 4) is 0 Å². The number of nitrogens with zero attached hydrogens (tertiary/aromatic N) is 3. The molecule has 1 atom stereocenters. The fraction of sp³-hybridized carbons (Fsp3) is 0.303. The number of likely N-dealkylation sites (N-methyl/N-ethyl adjacent to an activating group) is 3. The Bertz CT molecular complexity index is 1060. The molecule has 2 rings (SSSR count). The molecule has 0 heterocycles. The molecule has 4 heteroatoms. The molecule has 2 aromatic rings. The first-order valence-electron chi connectivity index (χ1n) is 13.0. The summed E-state index contributed by atoms with van der Waals surface area (Å²) < 4.78 is 1.95. The van der Waals surface area contributed by atoms with Gasteiger partial charge in [0, 0.05) is 50.7 Å². The van der Waals surface area contributed by atoms with Crippen LogP contribution < -0.4 is 15.5 Å². The average molecular weight is 500 g/mol. The molecule has 4 nitrogen and oxygen atoms in total. The van der Waals surface area contributed by atoms with E-state index in [9.17, 15) is 0 Å². The Labute approximate surface area is 226 Å². The quantitative estimate of drug-likeness (QED) is 0.141. The first-order valence-corrected chi connectivity index (χ1v) is 13.0. The van der Waals surface area contributed by atoms with Gasteiger partial charge in [0.2, 0.25) is 5.70 Å². The van der Waals surface area contributed by atoms with E-state index >= 15 is 0 Å². The van der Waals surface area contributed by atoms with E-state index in [0.29, 0.717) is 5.92 Å². The van der Waals surface area contributed by atoms with Crippen molar-refractivity contribution in [3.05, 3.63) is 108 Å². The van der Waals surface area contributed by atoms with Gasteiger partial charge in [0.1, 0.15) is 13.3 Å². The molecule has 198 valence electrons. The highest BCUT2D eigenvalue weighted by molar-refractivity contribution is 5.58. The molecule has 0 spiro atoms. The summed E-state index contributed by atoms with van der Waals surface area (Å²) in [6.07, 6.45) is 16.7. The fourth-order valence-electron chi connectivity index (χ4n) is 3.62. The number of hydrogen-bond donors (Lipinski definition) is 1. The molecule has 0 aliphatic carbocycles. The van der Waals surface area contributed by atoms with E-state index in [1.54, 1.807) is 6.08 Å². The second kappa shape index (κ2) is 17.7. The van der Waals surface area contributed by atoms with Gasteiger partial charge in [-0.25, -0.2) is 4.58 Å². The third-order valence-corrected chi connectivity index (χ3v) is 6.01. The smallest absolute Gasteiger partial charge is 0.204 e. The number of nitrogens with two attached hydrogens (primary N) is 1. The van der Waals surface area contributed by atoms with Crippen LogP contribution in [0.3, 0.4) is 0 Å². The molecule has 0 aliphatic rings. The van der Waals surface area contributed by atoms with Gasteiger partial charge >= 0.3 is 0 Å². The van der Waals surface area contributed by atoms with Gasteiger partial charge in [0.05, 0.1) is 0 Å². The maximum absolute atomic E-state index is 4.50. The first kappa shape index (κ1) is 31.4. The summed E-state index contributed by atoms with van der Waals surface area (Å²) in [5, 5.41) is 0. The van der Waals surface area contributed by atoms with Crippen LogP contribution in [-0.2, 0) is 0 Å². The van der Waals surface area contributed by atoms with E-state index in [4.69, 9.17) is 0 Å². The third kappa shape index (κ3) is 11.3. The Balaban J connectivity index is 0.00000334. The predicted molar refractivity (Wildman–Crippen MR) is 168 cm³/mol. The highest BCUT2D eigenvalue weighted by atomic mass is 15.2. The molecule has 0 saturated heterocycles. The predicted octanol–water partition coefficient (Wildman–Crippen LogP) is 6.88. The number of benzene rings is 2. The van der Waals surface area contributed by atoms with Crippen LogP contribution in [0, 0.1) is 5.92 Å². The zero-order chi connectivity index (χ0) is 27.6. The average Bonchev–Trinajstić information content (AvgIpc) is 2.94. The maximum Gasteiger partial charge on any atom is 0.204 e. The minimum Gasteiger partial charge on any atom is -0.373 e. The summed E-state index contributed by atoms with van der Waals surface area (Å²) in [5.74, 6) is 0.453. The standard InChI is InChI=1S/C32H42N3.CH5N/c1-8-11-27(4)13-14-28-16-21-31(22-17-28)34(6)25-26-35(7)32-23-18-29(19-24-32)15-20-30(12-9-2)33(5)10-3;1-2/h8-9,11-24,27H,2,5,10,25-26H2,1,3-4,6-7H3;2H2,1H3/q+1;/b11-8-,14-13+,20-15+,30-12-;. The van der Waals surface area contributed by atoms with E-state index in [-0.39, 0.29) is 0 Å². The molecule has 1 unspecified atom stereocenters. The molecule has 0 saturated carbocycles. The van der Waals surface area contributed by atoms with E-state index in [1.807, 2.05) is 10.7 Å². The number of anilines is 2. The van der Waals surface area contributed by atoms with E-state index < -0.39 is 0 Å². The van der Waals surface area contributed by atoms with E-state index in [1.165, 1.54) is 24.0 Å². The normalized spacial score (nSPS) is 12.5. The monoisotopic (exact) mass is 499 g/mol. The van der Waals surface area contributed by atoms with Gasteiger partial charge < -0.3 is 15.5 Å². The van der Waals surface area contributed by atoms with Gasteiger partial charge in [-0.2, -0.15) is 0 Å². The molecule has 0 fully saturated rings. The van der Waals surface area contributed by atoms with Crippen molar-refractivity contribution in [2.45, 2.75) is 20.8 Å². The van der Waals surface area contributed by atoms with Crippen molar-refractivity contribution >= 4 is 30.2 Å². The van der Waals surface area contributed by atoms with Crippen LogP contribution in [0.25, 0.3) is 12.2 Å². The second-order valence-corrected chi connectivity index (χ2v) is 8.79. The van der Waals surface area contributed by atoms with Gasteiger partial charge in [-0.05, 0) is 68.3 Å². The first-order chi connectivity index (χ1) is 17.9. The zero-order valence-electron chi connectivity index (χ0n) is 23.8. The number of rotatable bonds is 13. The summed E-state index contributed by atoms with van der Waals surface area (Å²) in [5.41, 5.74) is 10.4. The van der Waals surface area contributed by atoms with Crippen LogP contribution >= 0.6 is 0 Å². The molecule has 37 heavy (non-hydrogen) atoms. The van der Waals surface area contributed by atoms with Crippen molar-refractivity contribution in [2.75, 3.05) is 50.6 Å². The molecule has 2 aromatic carbocycles. The number of hydrogen-bond acceptors (Lipinski definition) is 3. The minimum atomic E-state index is 0.453. The molecular formula is C33H47N4+. The van der Waals surface area contributed by atoms with Gasteiger partial charge in [-0.15, -0.1) is 0 Å². The van der Waals surface area contributed by atoms with E-state index in [0.717, 1.165) is 30.9 Å². The molecule has 2 N–H and O–H groups in total. The Morgan fingerprint density at radius 2 is 1.38 bits per heavy atom. The lowest BCUT2D eigenvalue weighted by molar-refractivity contribution is -0.458. The summed E-state index contributed by atoms with van der Waals surface area (Å²) in [4.78, 5) is 4.59. The van der Waals surface area contributed by atoms with Gasteiger partial charge in [-0.3, -0.25) is 0 Å². The molecule has 0 amide bonds. The van der Waals surface area contributed by atoms with Crippen molar-refractivity contribution in [2.24, 2.45) is 11.7 Å². The third-order valence-electron chi connectivity index (χ3n) is 6.01. The zero-order valence-corrected chi connectivity index (χ0v) is 23.8. The maximum atomic E-state index is 4.50. The van der Waals surface area contributed by atoms with Crippen LogP contribution in [0.5, 0.6) is 0 Å². The summed E-state index contributed by atoms with van der Waals surface area (Å²) in [6, 6.07) is 17.4. The summed E-state index contributed by atoms with van der Waals surface area (Å²) >= 11 is 0. The lowest BCUT2D eigenvalue weighted by Crippen LogP contribution is -2.30. The highest BCUT2D eigenvalue weighted by Gasteiger charge is 2.06. The molecular weight excluding hydrogens is 452 g/mol. The van der Waals surface area contributed by atoms with Crippen molar-refractivity contribution < 1.29 is 4.58 Å². The Morgan fingerprint density at radius 3 is 1.81 bits per heavy atom. The van der Waals surface area contributed by atoms with Crippen molar-refractivity contribution in [1.29, 1.82) is 0 Å². The minimum absolute atomic E-state index is 0.453. The van der Waals surface area contributed by atoms with Crippen LogP contribution in [0.1, 0.15) is 31.9 Å². The van der Waals surface area contributed by atoms with E-state index in [2.05, 4.69) is 149 Å². The Morgan fingerprint density at radius 1 is 0.892 bits per heavy atom. The van der Waals surface area contributed by atoms with Gasteiger partial charge in [-0.1, -0.05) is 68.1 Å². The van der Waals surface area contributed by atoms with Crippen molar-refractivity contribution in [3.63, 3.8) is 0 Å². The van der Waals surface area contributed by atoms with Crippen LogP contribution in [0.4, 0.5) is 11.4 Å². The topological polar surface area (TPSA) is 35.5 Å². The Hall–Kier alpha value is -3.63. The largest absolute Gasteiger partial charge is 0.373 e. The van der Waals surface area contributed by atoms with Crippen molar-refractivity contribution in [1.82, 2.24) is 0 Å². The number of allylic oxidation sites excluding steroid dienone is 6. The summed E-state index contributed by atoms with van der Waals surface area (Å²) in [7, 11) is 5.79. The van der Waals surface area contributed by atoms with Crippen LogP contribution in [-0.4, -0.2) is 52.1 Å². The summed E-state index contributed by atoms with van der Waals surface area (Å²) in [6.45, 7) is 16.9. The SMILES string of the molecule is C=C/C=C(/C=C/c1ccc(N(C)CCN(C)c2ccc(/C=C/C(C)/C=C\C)cc2)cc1)[N+](=C)CC.CN. The fourth-order valence-corrected chi connectivity index (χ4v) is 3.62. The van der Waals surface area contributed by atoms with Crippen LogP contribution in [0.2, 0.25) is 0 Å². The van der Waals surface area contributed by atoms with Crippen LogP contribution in [0.15, 0.2) is 97.3 Å². The molecule has 0 aliphatic heterocycles. The highest BCUT2D eigenvalue weighted by Crippen LogP contribution is 2.18. The molecule has 0 radical (unpaired) electrons. The molecule has 0 aromatic heterocycles. The lowest BCUT2D eigenvalue weighted by atomic mass is 10.1. The van der Waals surface area contributed by atoms with Gasteiger partial charge in [0.15, 0.2) is 0 Å². The lowest BCUT2D eigenvalue weighted by Gasteiger charge is -2.25.